The van der Waals surface area contributed by atoms with E-state index in [0.29, 0.717) is 0 Å². The Morgan fingerprint density at radius 1 is 1.14 bits per heavy atom. The number of nitrogens with two attached hydrogens (primary N) is 1. The van der Waals surface area contributed by atoms with Crippen molar-refractivity contribution in [2.45, 2.75) is 56.5 Å². The van der Waals surface area contributed by atoms with Gasteiger partial charge in [-0.1, -0.05) is 49.4 Å². The van der Waals surface area contributed by atoms with Crippen LogP contribution in [0.25, 0.3) is 0 Å². The lowest BCUT2D eigenvalue weighted by Gasteiger charge is -2.45. The Balaban J connectivity index is 2.20. The van der Waals surface area contributed by atoms with Crippen LogP contribution in [-0.4, -0.2) is 30.6 Å². The van der Waals surface area contributed by atoms with Crippen LogP contribution in [0, 0.1) is 0 Å². The summed E-state index contributed by atoms with van der Waals surface area (Å²) in [7, 11) is 4.38. The molecule has 1 saturated carbocycles. The molecule has 4 heteroatoms. The molecule has 1 atom stereocenters. The third kappa shape index (κ3) is 3.98. The van der Waals surface area contributed by atoms with Crippen molar-refractivity contribution in [1.82, 2.24) is 10.3 Å². The molecule has 1 aromatic carbocycles. The average molecular weight is 310 g/mol. The first-order valence-corrected chi connectivity index (χ1v) is 8.34. The van der Waals surface area contributed by atoms with Gasteiger partial charge in [0.25, 0.3) is 0 Å². The summed E-state index contributed by atoms with van der Waals surface area (Å²) in [6.07, 6.45) is 8.62. The minimum absolute atomic E-state index is 0.144. The SMILES string of the molecule is CN(C)C1(C(Cc2ccc(Cl)cc2)NN)CCCCCC1. The highest BCUT2D eigenvalue weighted by Gasteiger charge is 2.40. The molecule has 21 heavy (non-hydrogen) atoms. The molecule has 3 nitrogen and oxygen atoms in total. The van der Waals surface area contributed by atoms with Gasteiger partial charge in [0.15, 0.2) is 0 Å². The zero-order valence-corrected chi connectivity index (χ0v) is 14.0. The summed E-state index contributed by atoms with van der Waals surface area (Å²) in [5.74, 6) is 5.95. The molecule has 1 unspecified atom stereocenters. The highest BCUT2D eigenvalue weighted by Crippen LogP contribution is 2.35. The van der Waals surface area contributed by atoms with Crippen LogP contribution in [0.1, 0.15) is 44.1 Å². The molecule has 1 fully saturated rings. The van der Waals surface area contributed by atoms with Gasteiger partial charge >= 0.3 is 0 Å². The molecule has 0 aromatic heterocycles. The lowest BCUT2D eigenvalue weighted by atomic mass is 9.79. The van der Waals surface area contributed by atoms with Gasteiger partial charge < -0.3 is 4.90 Å². The average Bonchev–Trinajstić information content (AvgIpc) is 2.73. The largest absolute Gasteiger partial charge is 0.302 e. The molecule has 3 N–H and O–H groups in total. The second-order valence-electron chi connectivity index (χ2n) is 6.46. The van der Waals surface area contributed by atoms with E-state index in [-0.39, 0.29) is 11.6 Å². The Kier molecular flexibility index (Phi) is 6.06. The first-order valence-electron chi connectivity index (χ1n) is 7.96. The van der Waals surface area contributed by atoms with Crippen molar-refractivity contribution in [2.75, 3.05) is 14.1 Å². The van der Waals surface area contributed by atoms with Crippen LogP contribution >= 0.6 is 11.6 Å². The zero-order valence-electron chi connectivity index (χ0n) is 13.2. The van der Waals surface area contributed by atoms with Gasteiger partial charge in [0, 0.05) is 16.6 Å². The lowest BCUT2D eigenvalue weighted by molar-refractivity contribution is 0.0802. The van der Waals surface area contributed by atoms with Crippen molar-refractivity contribution < 1.29 is 0 Å². The fourth-order valence-corrected chi connectivity index (χ4v) is 3.83. The fraction of sp³-hybridized carbons (Fsp3) is 0.647. The van der Waals surface area contributed by atoms with Crippen LogP contribution in [0.2, 0.25) is 5.02 Å². The number of rotatable bonds is 5. The Morgan fingerprint density at radius 2 is 1.71 bits per heavy atom. The Hall–Kier alpha value is -0.610. The molecule has 0 radical (unpaired) electrons. The summed E-state index contributed by atoms with van der Waals surface area (Å²) in [6.45, 7) is 0. The number of halogens is 1. The maximum atomic E-state index is 5.98. The fourth-order valence-electron chi connectivity index (χ4n) is 3.71. The monoisotopic (exact) mass is 309 g/mol. The summed E-state index contributed by atoms with van der Waals surface area (Å²) in [6, 6.07) is 8.38. The van der Waals surface area contributed by atoms with Crippen LogP contribution in [0.4, 0.5) is 0 Å². The third-order valence-corrected chi connectivity index (χ3v) is 5.31. The first-order chi connectivity index (χ1) is 10.1. The number of hydrazine groups is 1. The van der Waals surface area contributed by atoms with E-state index in [2.05, 4.69) is 36.6 Å². The Morgan fingerprint density at radius 3 is 2.19 bits per heavy atom. The van der Waals surface area contributed by atoms with Gasteiger partial charge in [-0.2, -0.15) is 0 Å². The van der Waals surface area contributed by atoms with Crippen LogP contribution in [0.15, 0.2) is 24.3 Å². The number of benzene rings is 1. The van der Waals surface area contributed by atoms with E-state index in [1.807, 2.05) is 12.1 Å². The second-order valence-corrected chi connectivity index (χ2v) is 6.90. The van der Waals surface area contributed by atoms with Crippen LogP contribution in [-0.2, 0) is 6.42 Å². The number of hydrogen-bond donors (Lipinski definition) is 2. The van der Waals surface area contributed by atoms with E-state index in [4.69, 9.17) is 17.4 Å². The number of nitrogens with zero attached hydrogens (tertiary/aromatic N) is 1. The van der Waals surface area contributed by atoms with Crippen molar-refractivity contribution in [3.8, 4) is 0 Å². The maximum absolute atomic E-state index is 5.98. The second kappa shape index (κ2) is 7.59. The number of nitrogens with one attached hydrogen (secondary N) is 1. The van der Waals surface area contributed by atoms with E-state index in [1.54, 1.807) is 0 Å². The molecule has 0 amide bonds. The van der Waals surface area contributed by atoms with E-state index in [1.165, 1.54) is 44.1 Å². The highest BCUT2D eigenvalue weighted by atomic mass is 35.5. The molecule has 0 bridgehead atoms. The topological polar surface area (TPSA) is 41.3 Å². The van der Waals surface area contributed by atoms with Gasteiger partial charge in [0.1, 0.15) is 0 Å². The molecule has 0 saturated heterocycles. The van der Waals surface area contributed by atoms with Crippen LogP contribution in [0.5, 0.6) is 0 Å². The predicted molar refractivity (Wildman–Crippen MR) is 90.4 cm³/mol. The first kappa shape index (κ1) is 16.8. The molecule has 2 rings (SSSR count). The molecular weight excluding hydrogens is 282 g/mol. The molecule has 0 heterocycles. The summed E-state index contributed by atoms with van der Waals surface area (Å²) in [5, 5.41) is 0.785. The quantitative estimate of drug-likeness (QED) is 0.498. The van der Waals surface area contributed by atoms with Crippen LogP contribution < -0.4 is 11.3 Å². The molecule has 1 aliphatic carbocycles. The summed E-state index contributed by atoms with van der Waals surface area (Å²) >= 11 is 5.98. The predicted octanol–water partition coefficient (Wildman–Crippen LogP) is 3.37. The van der Waals surface area contributed by atoms with Crippen molar-refractivity contribution >= 4 is 11.6 Å². The van der Waals surface area contributed by atoms with E-state index in [9.17, 15) is 0 Å². The Labute approximate surface area is 133 Å². The minimum atomic E-state index is 0.144. The zero-order chi connectivity index (χ0) is 15.3. The highest BCUT2D eigenvalue weighted by molar-refractivity contribution is 6.30. The summed E-state index contributed by atoms with van der Waals surface area (Å²) in [4.78, 5) is 2.39. The molecule has 118 valence electrons. The van der Waals surface area contributed by atoms with Gasteiger partial charge in [-0.3, -0.25) is 11.3 Å². The van der Waals surface area contributed by atoms with Gasteiger partial charge in [-0.25, -0.2) is 0 Å². The maximum Gasteiger partial charge on any atom is 0.0434 e. The molecule has 1 aromatic rings. The van der Waals surface area contributed by atoms with Gasteiger partial charge in [0.05, 0.1) is 0 Å². The van der Waals surface area contributed by atoms with Gasteiger partial charge in [0.2, 0.25) is 0 Å². The Bertz CT molecular complexity index is 422. The standard InChI is InChI=1S/C17H28ClN3/c1-21(2)17(11-5-3-4-6-12-17)16(20-19)13-14-7-9-15(18)10-8-14/h7-10,16,20H,3-6,11-13,19H2,1-2H3. The summed E-state index contributed by atoms with van der Waals surface area (Å²) < 4.78 is 0. The lowest BCUT2D eigenvalue weighted by Crippen LogP contribution is -2.61. The third-order valence-electron chi connectivity index (χ3n) is 5.06. The molecule has 0 spiro atoms. The van der Waals surface area contributed by atoms with Crippen LogP contribution in [0.3, 0.4) is 0 Å². The van der Waals surface area contributed by atoms with Crippen molar-refractivity contribution in [2.24, 2.45) is 5.84 Å². The van der Waals surface area contributed by atoms with Crippen molar-refractivity contribution in [3.05, 3.63) is 34.9 Å². The van der Waals surface area contributed by atoms with Crippen molar-refractivity contribution in [3.63, 3.8) is 0 Å². The van der Waals surface area contributed by atoms with E-state index in [0.717, 1.165) is 11.4 Å². The van der Waals surface area contributed by atoms with Gasteiger partial charge in [-0.15, -0.1) is 0 Å². The number of likely N-dealkylation sites (N-methyl/N-ethyl adjacent to an activating group) is 1. The normalized spacial score (nSPS) is 20.2. The molecule has 0 aliphatic heterocycles. The minimum Gasteiger partial charge on any atom is -0.302 e. The van der Waals surface area contributed by atoms with Gasteiger partial charge in [-0.05, 0) is 51.1 Å². The summed E-state index contributed by atoms with van der Waals surface area (Å²) in [5.41, 5.74) is 4.54. The molecule has 1 aliphatic rings. The smallest absolute Gasteiger partial charge is 0.0434 e. The van der Waals surface area contributed by atoms with E-state index < -0.39 is 0 Å². The number of hydrogen-bond acceptors (Lipinski definition) is 3. The van der Waals surface area contributed by atoms with Crippen molar-refractivity contribution in [1.29, 1.82) is 0 Å². The van der Waals surface area contributed by atoms with E-state index >= 15 is 0 Å². The molecular formula is C17H28ClN3.